The van der Waals surface area contributed by atoms with Crippen LogP contribution in [0.5, 0.6) is 0 Å². The zero-order valence-corrected chi connectivity index (χ0v) is 80.7. The van der Waals surface area contributed by atoms with Crippen LogP contribution in [-0.2, 0) is 66.7 Å². The largest absolute Gasteiger partial charge is 0.480 e. The molecule has 138 heavy (non-hydrogen) atoms. The number of halogens is 1. The van der Waals surface area contributed by atoms with Gasteiger partial charge >= 0.3 is 36.1 Å². The lowest BCUT2D eigenvalue weighted by Gasteiger charge is -2.36. The molecule has 0 spiro atoms. The van der Waals surface area contributed by atoms with E-state index in [1.165, 1.54) is 65.6 Å². The van der Waals surface area contributed by atoms with Crippen LogP contribution in [0.3, 0.4) is 0 Å². The standard InChI is InChI=1S/C43H41NO6S.C37H31NO4S.C28H31NO4S.C5H11NO3.ClH/c1-29(45)37(41(47)49-2)26-40(46)39(44-42(48)50-27-38-35-24-14-12-22-33(35)34-23-13-15-25-36(34)38)28-51-43(30-16-6-3-7-17-30,31-18-8-4-9-19-31)32-20-10-5-11-21-32;39-35(40)34(38-36(41)42-24-33-31-22-12-10-20-29(31)30-21-11-13-23-32(30)33)25-43-37(26-14-4-1-5-15-26,27-16-6-2-7-17-27)28-18-8-3-9-19-28;1-20(30)24(27(32)33-2)18-26(31)25(29)19-34-28(21-12-6-3-7-13-21,22-14-8-4-9-15-22)23-16-10-5-11-17-23;1-3(7)4(6)5(8)9-2;/h3-25,29,37-39,45H,26-28H2,1-2H3,(H,44,48);1-23,33-34H,24-25H2,(H,38,41)(H,39,40);3-17,20,24-25,30H,18-19,29H2,1-2H3;3-4,7H,6H2,1-2H3;1H/t29-,37+,39+;34-;20-,24+,25+;3-,4+;/m0101./s1. The van der Waals surface area contributed by atoms with Gasteiger partial charge in [0.05, 0.1) is 77.8 Å². The highest BCUT2D eigenvalue weighted by atomic mass is 35.5. The van der Waals surface area contributed by atoms with Gasteiger partial charge < -0.3 is 66.2 Å². The predicted molar refractivity (Wildman–Crippen MR) is 547 cm³/mol. The summed E-state index contributed by atoms with van der Waals surface area (Å²) >= 11 is 4.58. The Morgan fingerprint density at radius 1 is 0.319 bits per heavy atom. The Hall–Kier alpha value is -13.2. The summed E-state index contributed by atoms with van der Waals surface area (Å²) in [5, 5.41) is 44.7. The maximum Gasteiger partial charge on any atom is 0.407 e. The Kier molecular flexibility index (Phi) is 39.1. The second kappa shape index (κ2) is 51.3. The normalized spacial score (nSPS) is 13.8. The van der Waals surface area contributed by atoms with Crippen molar-refractivity contribution < 1.29 is 82.5 Å². The number of aliphatic hydroxyl groups excluding tert-OH is 3. The maximum atomic E-state index is 14.1. The Bertz CT molecular complexity index is 5730. The van der Waals surface area contributed by atoms with Crippen molar-refractivity contribution >= 4 is 95.3 Å². The number of nitrogens with one attached hydrogen (secondary N) is 2. The Morgan fingerprint density at radius 2 is 0.543 bits per heavy atom. The minimum absolute atomic E-state index is 0. The Labute approximate surface area is 824 Å². The molecule has 0 fully saturated rings. The molecule has 0 unspecified atom stereocenters. The number of ketones is 2. The highest BCUT2D eigenvalue weighted by molar-refractivity contribution is 8.01. The van der Waals surface area contributed by atoms with E-state index in [9.17, 15) is 53.7 Å². The van der Waals surface area contributed by atoms with Gasteiger partial charge in [0.15, 0.2) is 11.6 Å². The number of nitrogens with two attached hydrogens (primary N) is 2. The molecule has 13 aromatic carbocycles. The number of carboxylic acids is 1. The molecular weight excluding hydrogens is 1820 g/mol. The minimum Gasteiger partial charge on any atom is -0.480 e. The molecule has 13 aromatic rings. The van der Waals surface area contributed by atoms with E-state index in [2.05, 4.69) is 149 Å². The first-order valence-corrected chi connectivity index (χ1v) is 48.1. The second-order valence-corrected chi connectivity index (χ2v) is 36.8. The summed E-state index contributed by atoms with van der Waals surface area (Å²) in [4.78, 5) is 101. The van der Waals surface area contributed by atoms with Gasteiger partial charge in [-0.15, -0.1) is 47.7 Å². The van der Waals surface area contributed by atoms with Gasteiger partial charge in [0.2, 0.25) is 0 Å². The summed E-state index contributed by atoms with van der Waals surface area (Å²) in [6, 6.07) is 119. The number of Topliss-reactive ketones (excluding diaryl/α,β-unsaturated/α-hetero) is 2. The van der Waals surface area contributed by atoms with Crippen LogP contribution in [-0.4, -0.2) is 162 Å². The number of carboxylic acid groups (broad SMARTS) is 1. The summed E-state index contributed by atoms with van der Waals surface area (Å²) in [6.07, 6.45) is -4.98. The molecule has 2 aliphatic carbocycles. The number of carbonyl (C=O) groups is 8. The molecule has 10 N–H and O–H groups in total. The first-order valence-electron chi connectivity index (χ1n) is 45.1. The Balaban J connectivity index is 0.000000192. The number of methoxy groups -OCH3 is 3. The minimum atomic E-state index is -1.17. The zero-order valence-electron chi connectivity index (χ0n) is 77.4. The average molecular weight is 1930 g/mol. The van der Waals surface area contributed by atoms with E-state index in [0.29, 0.717) is 5.75 Å². The van der Waals surface area contributed by atoms with E-state index >= 15 is 0 Å². The molecule has 2 aliphatic rings. The molecule has 714 valence electrons. The molecular formula is C113H115ClN4O17S3. The SMILES string of the molecule is COC(=O)[C@@H](N)[C@@H](C)O.COC(=O)[C@H](CC(=O)[C@@H](CSC(c1ccccc1)(c1ccccc1)c1ccccc1)NC(=O)OCC1c2ccccc2-c2ccccc21)[C@H](C)O.COC(=O)[C@H](CC(=O)[C@H](N)CSC(c1ccccc1)(c1ccccc1)c1ccccc1)[C@H](C)O.Cl.O=C(N[C@H](CSC(c1ccccc1)(c1ccccc1)c1ccccc1)C(=O)O)OCC1c2ccccc2-c2ccccc21. The van der Waals surface area contributed by atoms with Crippen LogP contribution in [0.2, 0.25) is 0 Å². The third kappa shape index (κ3) is 25.6. The number of fused-ring (bicyclic) bond motifs is 6. The van der Waals surface area contributed by atoms with E-state index in [4.69, 9.17) is 35.5 Å². The third-order valence-corrected chi connectivity index (χ3v) is 29.4. The lowest BCUT2D eigenvalue weighted by molar-refractivity contribution is -0.151. The summed E-state index contributed by atoms with van der Waals surface area (Å²) in [6.45, 7) is 4.54. The maximum absolute atomic E-state index is 14.1. The van der Waals surface area contributed by atoms with Crippen LogP contribution in [0.25, 0.3) is 22.3 Å². The number of hydrogen-bond donors (Lipinski definition) is 8. The third-order valence-electron chi connectivity index (χ3n) is 24.4. The fourth-order valence-corrected chi connectivity index (χ4v) is 21.9. The number of amides is 2. The van der Waals surface area contributed by atoms with Gasteiger partial charge in [-0.3, -0.25) is 24.0 Å². The molecule has 25 heteroatoms. The Morgan fingerprint density at radius 3 is 0.775 bits per heavy atom. The first kappa shape index (κ1) is 105. The molecule has 0 radical (unpaired) electrons. The fourth-order valence-electron chi connectivity index (χ4n) is 17.2. The number of thioether (sulfide) groups is 3. The molecule has 0 heterocycles. The summed E-state index contributed by atoms with van der Waals surface area (Å²) in [5.74, 6) is -5.47. The number of aliphatic hydroxyl groups is 3. The average Bonchev–Trinajstić information content (AvgIpc) is 1.66. The van der Waals surface area contributed by atoms with E-state index in [1.807, 2.05) is 237 Å². The van der Waals surface area contributed by atoms with Crippen molar-refractivity contribution in [1.82, 2.24) is 10.6 Å². The first-order chi connectivity index (χ1) is 66.4. The number of carbonyl (C=O) groups excluding carboxylic acids is 7. The number of hydrogen-bond acceptors (Lipinski definition) is 21. The monoisotopic (exact) mass is 1930 g/mol. The number of esters is 3. The van der Waals surface area contributed by atoms with Crippen LogP contribution in [0, 0.1) is 11.8 Å². The van der Waals surface area contributed by atoms with Gasteiger partial charge in [-0.05, 0) is 115 Å². The van der Waals surface area contributed by atoms with E-state index in [0.717, 1.165) is 94.6 Å². The molecule has 0 saturated heterocycles. The van der Waals surface area contributed by atoms with Crippen molar-refractivity contribution in [1.29, 1.82) is 0 Å². The molecule has 0 bridgehead atoms. The smallest absolute Gasteiger partial charge is 0.407 e. The van der Waals surface area contributed by atoms with Gasteiger partial charge in [-0.25, -0.2) is 14.4 Å². The van der Waals surface area contributed by atoms with Gasteiger partial charge in [0.25, 0.3) is 0 Å². The van der Waals surface area contributed by atoms with Crippen molar-refractivity contribution in [2.24, 2.45) is 23.3 Å². The summed E-state index contributed by atoms with van der Waals surface area (Å²) < 4.78 is 23.4. The summed E-state index contributed by atoms with van der Waals surface area (Å²) in [5.41, 5.74) is 29.6. The van der Waals surface area contributed by atoms with Gasteiger partial charge in [0, 0.05) is 41.9 Å². The van der Waals surface area contributed by atoms with E-state index < -0.39 is 110 Å². The number of rotatable bonds is 37. The molecule has 0 aromatic heterocycles. The molecule has 15 rings (SSSR count). The van der Waals surface area contributed by atoms with Gasteiger partial charge in [-0.2, -0.15) is 0 Å². The lowest BCUT2D eigenvalue weighted by atomic mass is 9.84. The van der Waals surface area contributed by atoms with Crippen LogP contribution in [0.4, 0.5) is 9.59 Å². The number of aliphatic carboxylic acids is 1. The zero-order chi connectivity index (χ0) is 97.4. The summed E-state index contributed by atoms with van der Waals surface area (Å²) in [7, 11) is 3.69. The highest BCUT2D eigenvalue weighted by Gasteiger charge is 2.44. The van der Waals surface area contributed by atoms with Crippen molar-refractivity contribution in [3.8, 4) is 22.3 Å². The molecule has 0 aliphatic heterocycles. The quantitative estimate of drug-likeness (QED) is 0.0102. The van der Waals surface area contributed by atoms with Gasteiger partial charge in [0.1, 0.15) is 25.3 Å². The number of benzene rings is 13. The van der Waals surface area contributed by atoms with Crippen molar-refractivity contribution in [3.05, 3.63) is 442 Å². The van der Waals surface area contributed by atoms with Crippen LogP contribution >= 0.6 is 47.7 Å². The van der Waals surface area contributed by atoms with Crippen molar-refractivity contribution in [2.45, 2.75) is 102 Å². The molecule has 0 saturated carbocycles. The predicted octanol–water partition coefficient (Wildman–Crippen LogP) is 18.9. The van der Waals surface area contributed by atoms with Crippen molar-refractivity contribution in [2.75, 3.05) is 51.8 Å². The molecule has 9 atom stereocenters. The fraction of sp³-hybridized carbons (Fsp3) is 0.239. The van der Waals surface area contributed by atoms with Gasteiger partial charge in [-0.1, -0.05) is 370 Å². The van der Waals surface area contributed by atoms with Crippen LogP contribution in [0.15, 0.2) is 370 Å². The van der Waals surface area contributed by atoms with Crippen LogP contribution in [0.1, 0.15) is 118 Å². The van der Waals surface area contributed by atoms with Crippen LogP contribution < -0.4 is 22.1 Å². The topological polar surface area (TPSA) is 340 Å². The molecule has 2 amide bonds. The van der Waals surface area contributed by atoms with Crippen molar-refractivity contribution in [3.63, 3.8) is 0 Å². The lowest BCUT2D eigenvalue weighted by Crippen LogP contribution is -2.46. The number of ether oxygens (including phenoxy) is 5. The second-order valence-electron chi connectivity index (χ2n) is 33.1. The molecule has 21 nitrogen and oxygen atoms in total. The highest BCUT2D eigenvalue weighted by Crippen LogP contribution is 2.53. The van der Waals surface area contributed by atoms with E-state index in [-0.39, 0.29) is 67.6 Å². The number of alkyl carbamates (subject to hydrolysis) is 2. The van der Waals surface area contributed by atoms with E-state index in [1.54, 1.807) is 11.8 Å².